The Hall–Kier alpha value is -2.75. The summed E-state index contributed by atoms with van der Waals surface area (Å²) >= 11 is 0. The van der Waals surface area contributed by atoms with Crippen molar-refractivity contribution >= 4 is 22.5 Å². The molecule has 25 heavy (non-hydrogen) atoms. The zero-order chi connectivity index (χ0) is 17.2. The SMILES string of the molecule is NC(=O)c1c[nH]c2cccc(N3CCC(Cc4ccccc4)CC3)c12. The Morgan fingerprint density at radius 3 is 2.56 bits per heavy atom. The molecule has 0 atom stereocenters. The van der Waals surface area contributed by atoms with Crippen LogP contribution in [0.5, 0.6) is 0 Å². The van der Waals surface area contributed by atoms with Crippen molar-refractivity contribution in [1.82, 2.24) is 4.98 Å². The zero-order valence-electron chi connectivity index (χ0n) is 14.2. The largest absolute Gasteiger partial charge is 0.371 e. The van der Waals surface area contributed by atoms with Crippen molar-refractivity contribution in [2.75, 3.05) is 18.0 Å². The molecule has 128 valence electrons. The average molecular weight is 333 g/mol. The molecule has 2 aromatic carbocycles. The molecule has 4 heteroatoms. The highest BCUT2D eigenvalue weighted by Crippen LogP contribution is 2.33. The van der Waals surface area contributed by atoms with Crippen molar-refractivity contribution in [2.24, 2.45) is 11.7 Å². The van der Waals surface area contributed by atoms with Crippen molar-refractivity contribution < 1.29 is 4.79 Å². The van der Waals surface area contributed by atoms with Gasteiger partial charge in [0, 0.05) is 35.9 Å². The van der Waals surface area contributed by atoms with Crippen LogP contribution in [0.15, 0.2) is 54.7 Å². The van der Waals surface area contributed by atoms with Crippen molar-refractivity contribution in [3.8, 4) is 0 Å². The first-order valence-corrected chi connectivity index (χ1v) is 8.91. The topological polar surface area (TPSA) is 62.1 Å². The molecule has 0 unspecified atom stereocenters. The van der Waals surface area contributed by atoms with Crippen LogP contribution in [-0.2, 0) is 6.42 Å². The lowest BCUT2D eigenvalue weighted by Gasteiger charge is -2.34. The molecule has 1 fully saturated rings. The van der Waals surface area contributed by atoms with E-state index in [1.165, 1.54) is 18.4 Å². The van der Waals surface area contributed by atoms with Crippen LogP contribution in [-0.4, -0.2) is 24.0 Å². The third-order valence-electron chi connectivity index (χ3n) is 5.27. The van der Waals surface area contributed by atoms with Gasteiger partial charge in [-0.25, -0.2) is 0 Å². The summed E-state index contributed by atoms with van der Waals surface area (Å²) < 4.78 is 0. The van der Waals surface area contributed by atoms with Crippen LogP contribution in [0.3, 0.4) is 0 Å². The van der Waals surface area contributed by atoms with Gasteiger partial charge in [-0.2, -0.15) is 0 Å². The molecule has 3 aromatic rings. The van der Waals surface area contributed by atoms with E-state index >= 15 is 0 Å². The lowest BCUT2D eigenvalue weighted by molar-refractivity contribution is 0.100. The number of fused-ring (bicyclic) bond motifs is 1. The Kier molecular flexibility index (Phi) is 4.18. The molecule has 0 aliphatic carbocycles. The smallest absolute Gasteiger partial charge is 0.250 e. The number of H-pyrrole nitrogens is 1. The summed E-state index contributed by atoms with van der Waals surface area (Å²) in [6.07, 6.45) is 5.21. The molecule has 1 aliphatic rings. The molecule has 0 radical (unpaired) electrons. The molecular weight excluding hydrogens is 310 g/mol. The minimum absolute atomic E-state index is 0.377. The first-order valence-electron chi connectivity index (χ1n) is 8.91. The third kappa shape index (κ3) is 3.12. The number of amides is 1. The predicted molar refractivity (Wildman–Crippen MR) is 102 cm³/mol. The van der Waals surface area contributed by atoms with Crippen LogP contribution in [0.25, 0.3) is 10.9 Å². The van der Waals surface area contributed by atoms with E-state index in [4.69, 9.17) is 5.73 Å². The van der Waals surface area contributed by atoms with E-state index in [1.54, 1.807) is 6.20 Å². The van der Waals surface area contributed by atoms with Crippen molar-refractivity contribution in [2.45, 2.75) is 19.3 Å². The van der Waals surface area contributed by atoms with E-state index in [2.05, 4.69) is 46.3 Å². The van der Waals surface area contributed by atoms with Crippen LogP contribution < -0.4 is 10.6 Å². The second-order valence-electron chi connectivity index (χ2n) is 6.89. The Labute approximate surface area is 147 Å². The van der Waals surface area contributed by atoms with Gasteiger partial charge in [-0.05, 0) is 42.9 Å². The molecule has 4 nitrogen and oxygen atoms in total. The van der Waals surface area contributed by atoms with E-state index in [1.807, 2.05) is 12.1 Å². The number of nitrogens with zero attached hydrogens (tertiary/aromatic N) is 1. The van der Waals surface area contributed by atoms with Gasteiger partial charge in [0.15, 0.2) is 0 Å². The molecular formula is C21H23N3O. The summed E-state index contributed by atoms with van der Waals surface area (Å²) in [6, 6.07) is 16.9. The summed E-state index contributed by atoms with van der Waals surface area (Å²) in [7, 11) is 0. The fourth-order valence-corrected chi connectivity index (χ4v) is 3.95. The highest BCUT2D eigenvalue weighted by atomic mass is 16.1. The number of benzene rings is 2. The Morgan fingerprint density at radius 2 is 1.84 bits per heavy atom. The highest BCUT2D eigenvalue weighted by molar-refractivity contribution is 6.10. The molecule has 1 amide bonds. The van der Waals surface area contributed by atoms with Crippen LogP contribution in [0.2, 0.25) is 0 Å². The zero-order valence-corrected chi connectivity index (χ0v) is 14.2. The molecule has 0 saturated carbocycles. The van der Waals surface area contributed by atoms with E-state index < -0.39 is 0 Å². The number of piperidine rings is 1. The van der Waals surface area contributed by atoms with E-state index in [-0.39, 0.29) is 5.91 Å². The molecule has 1 aliphatic heterocycles. The predicted octanol–water partition coefficient (Wildman–Crippen LogP) is 3.73. The number of carbonyl (C=O) groups excluding carboxylic acids is 1. The minimum Gasteiger partial charge on any atom is -0.371 e. The number of hydrogen-bond acceptors (Lipinski definition) is 2. The van der Waals surface area contributed by atoms with Gasteiger partial charge in [-0.1, -0.05) is 36.4 Å². The summed E-state index contributed by atoms with van der Waals surface area (Å²) in [4.78, 5) is 17.3. The number of nitrogens with one attached hydrogen (secondary N) is 1. The molecule has 2 heterocycles. The number of carbonyl (C=O) groups is 1. The lowest BCUT2D eigenvalue weighted by atomic mass is 9.90. The van der Waals surface area contributed by atoms with E-state index in [9.17, 15) is 4.79 Å². The number of primary amides is 1. The van der Waals surface area contributed by atoms with Gasteiger partial charge >= 0.3 is 0 Å². The molecule has 4 rings (SSSR count). The van der Waals surface area contributed by atoms with Gasteiger partial charge < -0.3 is 15.6 Å². The summed E-state index contributed by atoms with van der Waals surface area (Å²) in [5, 5.41) is 0.955. The van der Waals surface area contributed by atoms with Gasteiger partial charge in [-0.3, -0.25) is 4.79 Å². The second-order valence-corrected chi connectivity index (χ2v) is 6.89. The van der Waals surface area contributed by atoms with Crippen molar-refractivity contribution in [3.05, 3.63) is 65.9 Å². The Bertz CT molecular complexity index is 877. The quantitative estimate of drug-likeness (QED) is 0.764. The Morgan fingerprint density at radius 1 is 1.08 bits per heavy atom. The maximum absolute atomic E-state index is 11.7. The first kappa shape index (κ1) is 15.8. The standard InChI is InChI=1S/C21H23N3O/c22-21(25)17-14-23-18-7-4-8-19(20(17)18)24-11-9-16(10-12-24)13-15-5-2-1-3-6-15/h1-8,14,16,23H,9-13H2,(H2,22,25). The minimum atomic E-state index is -0.377. The maximum Gasteiger partial charge on any atom is 0.250 e. The number of nitrogens with two attached hydrogens (primary N) is 1. The van der Waals surface area contributed by atoms with Crippen molar-refractivity contribution in [3.63, 3.8) is 0 Å². The van der Waals surface area contributed by atoms with E-state index in [0.29, 0.717) is 5.56 Å². The number of aromatic amines is 1. The van der Waals surface area contributed by atoms with Gasteiger partial charge in [0.25, 0.3) is 5.91 Å². The average Bonchev–Trinajstić information content (AvgIpc) is 3.08. The van der Waals surface area contributed by atoms with Crippen molar-refractivity contribution in [1.29, 1.82) is 0 Å². The Balaban J connectivity index is 1.52. The van der Waals surface area contributed by atoms with Crippen LogP contribution >= 0.6 is 0 Å². The van der Waals surface area contributed by atoms with Crippen LogP contribution in [0.1, 0.15) is 28.8 Å². The van der Waals surface area contributed by atoms with Gasteiger partial charge in [0.05, 0.1) is 5.56 Å². The normalized spacial score (nSPS) is 15.6. The molecule has 0 bridgehead atoms. The fourth-order valence-electron chi connectivity index (χ4n) is 3.95. The molecule has 1 saturated heterocycles. The maximum atomic E-state index is 11.7. The summed E-state index contributed by atoms with van der Waals surface area (Å²) in [5.41, 5.74) is 9.64. The fraction of sp³-hybridized carbons (Fsp3) is 0.286. The number of anilines is 1. The monoisotopic (exact) mass is 333 g/mol. The highest BCUT2D eigenvalue weighted by Gasteiger charge is 2.22. The van der Waals surface area contributed by atoms with Gasteiger partial charge in [0.2, 0.25) is 0 Å². The molecule has 3 N–H and O–H groups in total. The van der Waals surface area contributed by atoms with Gasteiger partial charge in [-0.15, -0.1) is 0 Å². The lowest BCUT2D eigenvalue weighted by Crippen LogP contribution is -2.34. The first-order chi connectivity index (χ1) is 12.2. The van der Waals surface area contributed by atoms with Crippen LogP contribution in [0.4, 0.5) is 5.69 Å². The second kappa shape index (κ2) is 6.63. The summed E-state index contributed by atoms with van der Waals surface area (Å²) in [5.74, 6) is 0.345. The van der Waals surface area contributed by atoms with E-state index in [0.717, 1.165) is 42.0 Å². The molecule has 1 aromatic heterocycles. The number of rotatable bonds is 4. The molecule has 0 spiro atoms. The third-order valence-corrected chi connectivity index (χ3v) is 5.27. The summed E-state index contributed by atoms with van der Waals surface area (Å²) in [6.45, 7) is 2.03. The number of aromatic nitrogens is 1. The van der Waals surface area contributed by atoms with Gasteiger partial charge in [0.1, 0.15) is 0 Å². The number of hydrogen-bond donors (Lipinski definition) is 2. The van der Waals surface area contributed by atoms with Crippen LogP contribution in [0, 0.1) is 5.92 Å².